The lowest BCUT2D eigenvalue weighted by molar-refractivity contribution is 0.871. The highest BCUT2D eigenvalue weighted by molar-refractivity contribution is 7.71. The van der Waals surface area contributed by atoms with Crippen LogP contribution in [0.25, 0.3) is 11.4 Å². The van der Waals surface area contributed by atoms with Gasteiger partial charge in [-0.1, -0.05) is 29.3 Å². The Morgan fingerprint density at radius 2 is 1.82 bits per heavy atom. The van der Waals surface area contributed by atoms with Gasteiger partial charge in [-0.2, -0.15) is 14.9 Å². The van der Waals surface area contributed by atoms with Crippen molar-refractivity contribution in [2.45, 2.75) is 0 Å². The summed E-state index contributed by atoms with van der Waals surface area (Å²) in [4.78, 5) is 3.98. The molecule has 0 aliphatic heterocycles. The molecular formula is C14H9Cl2N5S. The minimum absolute atomic E-state index is 0.367. The van der Waals surface area contributed by atoms with E-state index in [0.717, 1.165) is 5.56 Å². The van der Waals surface area contributed by atoms with Gasteiger partial charge in [0, 0.05) is 23.5 Å². The van der Waals surface area contributed by atoms with Gasteiger partial charge in [0.05, 0.1) is 16.3 Å². The minimum Gasteiger partial charge on any atom is -0.265 e. The zero-order valence-electron chi connectivity index (χ0n) is 11.1. The highest BCUT2D eigenvalue weighted by atomic mass is 35.5. The smallest absolute Gasteiger partial charge is 0.216 e. The van der Waals surface area contributed by atoms with Crippen molar-refractivity contribution < 1.29 is 0 Å². The number of pyridine rings is 1. The second kappa shape index (κ2) is 6.39. The van der Waals surface area contributed by atoms with Crippen molar-refractivity contribution in [3.8, 4) is 11.4 Å². The van der Waals surface area contributed by atoms with Gasteiger partial charge in [0.1, 0.15) is 0 Å². The fourth-order valence-corrected chi connectivity index (χ4v) is 2.51. The molecule has 0 atom stereocenters. The van der Waals surface area contributed by atoms with Crippen LogP contribution in [0.4, 0.5) is 0 Å². The minimum atomic E-state index is 0.367. The Labute approximate surface area is 141 Å². The van der Waals surface area contributed by atoms with Crippen LogP contribution in [0.1, 0.15) is 5.56 Å². The van der Waals surface area contributed by atoms with E-state index in [1.165, 1.54) is 4.68 Å². The number of aromatic amines is 1. The number of hydrogen-bond acceptors (Lipinski definition) is 4. The zero-order valence-corrected chi connectivity index (χ0v) is 13.4. The summed E-state index contributed by atoms with van der Waals surface area (Å²) in [6, 6.07) is 8.90. The van der Waals surface area contributed by atoms with Crippen molar-refractivity contribution in [2.24, 2.45) is 5.10 Å². The Kier molecular flexibility index (Phi) is 4.33. The van der Waals surface area contributed by atoms with Crippen LogP contribution in [0.2, 0.25) is 10.0 Å². The molecule has 0 saturated heterocycles. The first kappa shape index (κ1) is 14.9. The molecule has 0 saturated carbocycles. The lowest BCUT2D eigenvalue weighted by Crippen LogP contribution is -1.96. The van der Waals surface area contributed by atoms with E-state index in [9.17, 15) is 0 Å². The predicted molar refractivity (Wildman–Crippen MR) is 90.1 cm³/mol. The van der Waals surface area contributed by atoms with Crippen LogP contribution in [0, 0.1) is 4.77 Å². The summed E-state index contributed by atoms with van der Waals surface area (Å²) < 4.78 is 1.87. The summed E-state index contributed by atoms with van der Waals surface area (Å²) in [5.41, 5.74) is 1.46. The van der Waals surface area contributed by atoms with Crippen molar-refractivity contribution in [1.29, 1.82) is 0 Å². The molecule has 0 spiro atoms. The van der Waals surface area contributed by atoms with Crippen LogP contribution < -0.4 is 0 Å². The van der Waals surface area contributed by atoms with E-state index in [4.69, 9.17) is 35.4 Å². The summed E-state index contributed by atoms with van der Waals surface area (Å²) in [5.74, 6) is 0.576. The van der Waals surface area contributed by atoms with Crippen molar-refractivity contribution >= 4 is 41.6 Å². The Morgan fingerprint density at radius 1 is 1.14 bits per heavy atom. The van der Waals surface area contributed by atoms with Gasteiger partial charge in [-0.05, 0) is 36.5 Å². The van der Waals surface area contributed by atoms with Crippen LogP contribution in [0.5, 0.6) is 0 Å². The van der Waals surface area contributed by atoms with Crippen LogP contribution in [0.15, 0.2) is 47.8 Å². The van der Waals surface area contributed by atoms with Crippen molar-refractivity contribution in [3.63, 3.8) is 0 Å². The first-order chi connectivity index (χ1) is 10.7. The van der Waals surface area contributed by atoms with Crippen LogP contribution in [-0.2, 0) is 0 Å². The van der Waals surface area contributed by atoms with Gasteiger partial charge in [-0.25, -0.2) is 5.10 Å². The van der Waals surface area contributed by atoms with Gasteiger partial charge >= 0.3 is 0 Å². The Hall–Kier alpha value is -2.02. The first-order valence-electron chi connectivity index (χ1n) is 6.23. The normalized spacial score (nSPS) is 11.2. The van der Waals surface area contributed by atoms with Crippen molar-refractivity contribution in [2.75, 3.05) is 0 Å². The molecule has 3 aromatic rings. The molecule has 8 heteroatoms. The fourth-order valence-electron chi connectivity index (χ4n) is 1.84. The topological polar surface area (TPSA) is 58.9 Å². The van der Waals surface area contributed by atoms with Crippen LogP contribution >= 0.6 is 35.4 Å². The number of rotatable bonds is 3. The van der Waals surface area contributed by atoms with E-state index in [0.29, 0.717) is 26.2 Å². The fraction of sp³-hybridized carbons (Fsp3) is 0. The molecule has 1 aromatic carbocycles. The summed E-state index contributed by atoms with van der Waals surface area (Å²) in [7, 11) is 0. The lowest BCUT2D eigenvalue weighted by Gasteiger charge is -2.02. The van der Waals surface area contributed by atoms with Gasteiger partial charge in [-0.3, -0.25) is 4.98 Å². The molecule has 0 bridgehead atoms. The standard InChI is InChI=1S/C14H9Cl2N5S/c15-11-2-1-3-12(16)10(11)8-18-21-13(19-20-14(21)22)9-4-6-17-7-5-9/h1-8H,(H,20,22). The molecule has 5 nitrogen and oxygen atoms in total. The van der Waals surface area contributed by atoms with E-state index in [2.05, 4.69) is 20.3 Å². The highest BCUT2D eigenvalue weighted by Crippen LogP contribution is 2.23. The molecule has 0 amide bonds. The molecular weight excluding hydrogens is 341 g/mol. The monoisotopic (exact) mass is 349 g/mol. The quantitative estimate of drug-likeness (QED) is 0.569. The van der Waals surface area contributed by atoms with E-state index in [-0.39, 0.29) is 0 Å². The molecule has 2 heterocycles. The number of H-pyrrole nitrogens is 1. The summed E-state index contributed by atoms with van der Waals surface area (Å²) in [6.45, 7) is 0. The number of halogens is 2. The number of benzene rings is 1. The number of nitrogens with zero attached hydrogens (tertiary/aromatic N) is 4. The van der Waals surface area contributed by atoms with Gasteiger partial charge < -0.3 is 0 Å². The van der Waals surface area contributed by atoms with E-state index in [1.807, 2.05) is 12.1 Å². The van der Waals surface area contributed by atoms with E-state index < -0.39 is 0 Å². The van der Waals surface area contributed by atoms with E-state index >= 15 is 0 Å². The summed E-state index contributed by atoms with van der Waals surface area (Å²) >= 11 is 17.5. The van der Waals surface area contributed by atoms with Gasteiger partial charge in [0.15, 0.2) is 5.82 Å². The molecule has 22 heavy (non-hydrogen) atoms. The molecule has 0 radical (unpaired) electrons. The average molecular weight is 350 g/mol. The van der Waals surface area contributed by atoms with Crippen LogP contribution in [0.3, 0.4) is 0 Å². The molecule has 0 aliphatic carbocycles. The number of nitrogens with one attached hydrogen (secondary N) is 1. The lowest BCUT2D eigenvalue weighted by atomic mass is 10.2. The maximum atomic E-state index is 6.12. The molecule has 0 fully saturated rings. The van der Waals surface area contributed by atoms with E-state index in [1.54, 1.807) is 36.8 Å². The third-order valence-corrected chi connectivity index (χ3v) is 3.81. The highest BCUT2D eigenvalue weighted by Gasteiger charge is 2.08. The number of hydrogen-bond donors (Lipinski definition) is 1. The molecule has 2 aromatic heterocycles. The van der Waals surface area contributed by atoms with Crippen molar-refractivity contribution in [3.05, 3.63) is 63.1 Å². The molecule has 3 rings (SSSR count). The summed E-state index contributed by atoms with van der Waals surface area (Å²) in [5, 5.41) is 12.3. The summed E-state index contributed by atoms with van der Waals surface area (Å²) in [6.07, 6.45) is 4.90. The molecule has 1 N–H and O–H groups in total. The zero-order chi connectivity index (χ0) is 15.5. The second-order valence-electron chi connectivity index (χ2n) is 4.28. The third kappa shape index (κ3) is 2.94. The van der Waals surface area contributed by atoms with Crippen molar-refractivity contribution in [1.82, 2.24) is 19.9 Å². The van der Waals surface area contributed by atoms with Crippen LogP contribution in [-0.4, -0.2) is 26.1 Å². The number of aromatic nitrogens is 4. The molecule has 110 valence electrons. The first-order valence-corrected chi connectivity index (χ1v) is 7.39. The Morgan fingerprint density at radius 3 is 2.50 bits per heavy atom. The second-order valence-corrected chi connectivity index (χ2v) is 5.48. The van der Waals surface area contributed by atoms with Gasteiger partial charge in [0.2, 0.25) is 4.77 Å². The van der Waals surface area contributed by atoms with Gasteiger partial charge in [-0.15, -0.1) is 0 Å². The third-order valence-electron chi connectivity index (χ3n) is 2.89. The Bertz CT molecular complexity index is 865. The Balaban J connectivity index is 2.05. The average Bonchev–Trinajstić information content (AvgIpc) is 2.89. The largest absolute Gasteiger partial charge is 0.265 e. The molecule has 0 aliphatic rings. The molecule has 0 unspecified atom stereocenters. The maximum absolute atomic E-state index is 6.12. The maximum Gasteiger partial charge on any atom is 0.216 e. The predicted octanol–water partition coefficient (Wildman–Crippen LogP) is 4.19. The SMILES string of the molecule is S=c1[nH]nc(-c2ccncc2)n1N=Cc1c(Cl)cccc1Cl. The van der Waals surface area contributed by atoms with Gasteiger partial charge in [0.25, 0.3) is 0 Å².